The fourth-order valence-electron chi connectivity index (χ4n) is 1.54. The number of hydrogen-bond acceptors (Lipinski definition) is 3. The fraction of sp³-hybridized carbons (Fsp3) is 0.214. The maximum absolute atomic E-state index is 12.1. The van der Waals surface area contributed by atoms with Gasteiger partial charge in [0.2, 0.25) is 5.78 Å². The molecule has 0 radical (unpaired) electrons. The molecule has 0 aliphatic rings. The van der Waals surface area contributed by atoms with Crippen molar-refractivity contribution < 1.29 is 9.53 Å². The average Bonchev–Trinajstić information content (AvgIpc) is 2.84. The predicted molar refractivity (Wildman–Crippen MR) is 75.0 cm³/mol. The minimum atomic E-state index is -0.0111. The largest absolute Gasteiger partial charge is 0.489 e. The van der Waals surface area contributed by atoms with Crippen LogP contribution in [0.1, 0.15) is 29.1 Å². The number of halogens is 1. The number of carbonyl (C=O) groups excluding carboxylic acids is 1. The molecule has 1 aromatic carbocycles. The van der Waals surface area contributed by atoms with Crippen LogP contribution in [0.25, 0.3) is 0 Å². The van der Waals surface area contributed by atoms with Crippen LogP contribution in [-0.2, 0) is 0 Å². The van der Waals surface area contributed by atoms with Gasteiger partial charge < -0.3 is 4.74 Å². The Bertz CT molecular complexity index is 547. The maximum Gasteiger partial charge on any atom is 0.202 e. The molecule has 0 fully saturated rings. The van der Waals surface area contributed by atoms with Gasteiger partial charge in [0.1, 0.15) is 5.75 Å². The predicted octanol–water partition coefficient (Wildman–Crippen LogP) is 4.42. The highest BCUT2D eigenvalue weighted by Crippen LogP contribution is 2.27. The molecule has 0 spiro atoms. The van der Waals surface area contributed by atoms with Gasteiger partial charge in [0.25, 0.3) is 0 Å². The zero-order chi connectivity index (χ0) is 13.1. The third-order valence-electron chi connectivity index (χ3n) is 2.30. The molecule has 0 aliphatic heterocycles. The molecule has 2 rings (SSSR count). The average molecular weight is 281 g/mol. The van der Waals surface area contributed by atoms with E-state index in [2.05, 4.69) is 0 Å². The van der Waals surface area contributed by atoms with Gasteiger partial charge in [-0.05, 0) is 43.5 Å². The van der Waals surface area contributed by atoms with Gasteiger partial charge in [0.05, 0.1) is 16.0 Å². The lowest BCUT2D eigenvalue weighted by Crippen LogP contribution is -2.06. The van der Waals surface area contributed by atoms with Crippen molar-refractivity contribution in [2.45, 2.75) is 20.0 Å². The van der Waals surface area contributed by atoms with Crippen molar-refractivity contribution in [1.82, 2.24) is 0 Å². The van der Waals surface area contributed by atoms with Gasteiger partial charge in [-0.3, -0.25) is 4.79 Å². The van der Waals surface area contributed by atoms with Crippen LogP contribution in [0.5, 0.6) is 5.75 Å². The molecule has 0 aliphatic carbocycles. The second kappa shape index (κ2) is 5.55. The monoisotopic (exact) mass is 280 g/mol. The van der Waals surface area contributed by atoms with Gasteiger partial charge in [0.15, 0.2) is 0 Å². The van der Waals surface area contributed by atoms with Crippen LogP contribution < -0.4 is 4.74 Å². The summed E-state index contributed by atoms with van der Waals surface area (Å²) in [6.07, 6.45) is 0.0568. The molecule has 2 aromatic rings. The summed E-state index contributed by atoms with van der Waals surface area (Å²) in [5.41, 5.74) is 0.582. The topological polar surface area (TPSA) is 26.3 Å². The molecular weight excluding hydrogens is 268 g/mol. The molecule has 4 heteroatoms. The summed E-state index contributed by atoms with van der Waals surface area (Å²) in [6.45, 7) is 3.86. The van der Waals surface area contributed by atoms with Crippen LogP contribution in [0, 0.1) is 0 Å². The Morgan fingerprint density at radius 3 is 2.67 bits per heavy atom. The molecule has 0 atom stereocenters. The van der Waals surface area contributed by atoms with E-state index in [1.54, 1.807) is 24.3 Å². The van der Waals surface area contributed by atoms with E-state index in [1.807, 2.05) is 25.3 Å². The van der Waals surface area contributed by atoms with Crippen molar-refractivity contribution in [2.24, 2.45) is 0 Å². The van der Waals surface area contributed by atoms with Crippen LogP contribution in [-0.4, -0.2) is 11.9 Å². The van der Waals surface area contributed by atoms with Gasteiger partial charge in [0, 0.05) is 5.56 Å². The Morgan fingerprint density at radius 1 is 1.33 bits per heavy atom. The summed E-state index contributed by atoms with van der Waals surface area (Å²) in [4.78, 5) is 12.8. The highest BCUT2D eigenvalue weighted by molar-refractivity contribution is 7.12. The zero-order valence-electron chi connectivity index (χ0n) is 10.1. The van der Waals surface area contributed by atoms with Crippen molar-refractivity contribution in [3.05, 3.63) is 51.2 Å². The molecule has 94 valence electrons. The van der Waals surface area contributed by atoms with Gasteiger partial charge in [-0.25, -0.2) is 0 Å². The zero-order valence-corrected chi connectivity index (χ0v) is 11.7. The van der Waals surface area contributed by atoms with E-state index in [9.17, 15) is 4.79 Å². The molecule has 2 nitrogen and oxygen atoms in total. The summed E-state index contributed by atoms with van der Waals surface area (Å²) in [5.74, 6) is 0.595. The van der Waals surface area contributed by atoms with Gasteiger partial charge in [-0.15, -0.1) is 11.3 Å². The lowest BCUT2D eigenvalue weighted by molar-refractivity contribution is 0.104. The number of carbonyl (C=O) groups is 1. The minimum absolute atomic E-state index is 0.0111. The number of thiophene rings is 1. The number of rotatable bonds is 4. The first-order valence-electron chi connectivity index (χ1n) is 5.62. The molecule has 0 N–H and O–H groups in total. The molecule has 0 saturated carbocycles. The number of hydrogen-bond donors (Lipinski definition) is 0. The lowest BCUT2D eigenvalue weighted by Gasteiger charge is -2.11. The molecule has 18 heavy (non-hydrogen) atoms. The van der Waals surface area contributed by atoms with Crippen LogP contribution in [0.3, 0.4) is 0 Å². The second-order valence-corrected chi connectivity index (χ2v) is 5.47. The minimum Gasteiger partial charge on any atom is -0.489 e. The standard InChI is InChI=1S/C14H13ClO2S/c1-9(2)17-12-6-5-10(8-11(12)15)14(16)13-4-3-7-18-13/h3-9H,1-2H3. The Kier molecular flexibility index (Phi) is 4.04. The van der Waals surface area contributed by atoms with Crippen molar-refractivity contribution in [3.8, 4) is 5.75 Å². The van der Waals surface area contributed by atoms with Crippen LogP contribution >= 0.6 is 22.9 Å². The van der Waals surface area contributed by atoms with Crippen LogP contribution in [0.4, 0.5) is 0 Å². The molecule has 0 unspecified atom stereocenters. The molecule has 1 heterocycles. The van der Waals surface area contributed by atoms with Crippen LogP contribution in [0.15, 0.2) is 35.7 Å². The third kappa shape index (κ3) is 2.92. The summed E-state index contributed by atoms with van der Waals surface area (Å²) >= 11 is 7.53. The van der Waals surface area contributed by atoms with E-state index in [-0.39, 0.29) is 11.9 Å². The summed E-state index contributed by atoms with van der Waals surface area (Å²) in [7, 11) is 0. The van der Waals surface area contributed by atoms with E-state index in [0.29, 0.717) is 21.2 Å². The van der Waals surface area contributed by atoms with E-state index >= 15 is 0 Å². The van der Waals surface area contributed by atoms with Crippen molar-refractivity contribution in [3.63, 3.8) is 0 Å². The third-order valence-corrected chi connectivity index (χ3v) is 3.47. The summed E-state index contributed by atoms with van der Waals surface area (Å²) in [5, 5.41) is 2.34. The molecular formula is C14H13ClO2S. The Hall–Kier alpha value is -1.32. The first-order chi connectivity index (χ1) is 8.58. The van der Waals surface area contributed by atoms with Gasteiger partial charge in [-0.2, -0.15) is 0 Å². The maximum atomic E-state index is 12.1. The van der Waals surface area contributed by atoms with E-state index in [0.717, 1.165) is 0 Å². The van der Waals surface area contributed by atoms with Gasteiger partial charge >= 0.3 is 0 Å². The smallest absolute Gasteiger partial charge is 0.202 e. The number of ether oxygens (including phenoxy) is 1. The quantitative estimate of drug-likeness (QED) is 0.775. The first-order valence-corrected chi connectivity index (χ1v) is 6.88. The van der Waals surface area contributed by atoms with E-state index in [1.165, 1.54) is 11.3 Å². The Balaban J connectivity index is 2.26. The van der Waals surface area contributed by atoms with E-state index in [4.69, 9.17) is 16.3 Å². The Labute approximate surface area is 115 Å². The Morgan fingerprint density at radius 2 is 2.11 bits per heavy atom. The molecule has 0 saturated heterocycles. The van der Waals surface area contributed by atoms with Gasteiger partial charge in [-0.1, -0.05) is 17.7 Å². The molecule has 1 aromatic heterocycles. The first kappa shape index (κ1) is 13.1. The normalized spacial score (nSPS) is 10.7. The highest BCUT2D eigenvalue weighted by Gasteiger charge is 2.12. The van der Waals surface area contributed by atoms with E-state index < -0.39 is 0 Å². The van der Waals surface area contributed by atoms with Crippen molar-refractivity contribution in [2.75, 3.05) is 0 Å². The number of benzene rings is 1. The SMILES string of the molecule is CC(C)Oc1ccc(C(=O)c2cccs2)cc1Cl. The lowest BCUT2D eigenvalue weighted by atomic mass is 10.1. The highest BCUT2D eigenvalue weighted by atomic mass is 35.5. The van der Waals surface area contributed by atoms with Crippen molar-refractivity contribution >= 4 is 28.7 Å². The molecule has 0 amide bonds. The fourth-order valence-corrected chi connectivity index (χ4v) is 2.45. The summed E-state index contributed by atoms with van der Waals surface area (Å²) < 4.78 is 5.53. The summed E-state index contributed by atoms with van der Waals surface area (Å²) in [6, 6.07) is 8.80. The van der Waals surface area contributed by atoms with Crippen LogP contribution in [0.2, 0.25) is 5.02 Å². The van der Waals surface area contributed by atoms with Crippen molar-refractivity contribution in [1.29, 1.82) is 0 Å². The molecule has 0 bridgehead atoms. The number of ketones is 1. The second-order valence-electron chi connectivity index (χ2n) is 4.12.